The predicted molar refractivity (Wildman–Crippen MR) is 104 cm³/mol. The number of hydrogen-bond donors (Lipinski definition) is 0. The van der Waals surface area contributed by atoms with Crippen molar-refractivity contribution in [2.45, 2.75) is 12.5 Å². The fraction of sp³-hybridized carbons (Fsp3) is 0.400. The number of carbonyl (C=O) groups is 1. The molecule has 2 aliphatic rings. The van der Waals surface area contributed by atoms with Crippen LogP contribution in [0.4, 0.5) is 10.2 Å². The molecule has 1 unspecified atom stereocenters. The van der Waals surface area contributed by atoms with Crippen molar-refractivity contribution in [3.05, 3.63) is 42.2 Å². The van der Waals surface area contributed by atoms with Gasteiger partial charge in [0.2, 0.25) is 5.91 Å². The van der Waals surface area contributed by atoms with Crippen molar-refractivity contribution in [1.29, 1.82) is 0 Å². The number of nitrogens with zero attached hydrogens (tertiary/aromatic N) is 6. The van der Waals surface area contributed by atoms with Gasteiger partial charge in [0, 0.05) is 32.3 Å². The van der Waals surface area contributed by atoms with Gasteiger partial charge in [0.05, 0.1) is 18.6 Å². The van der Waals surface area contributed by atoms with Crippen LogP contribution < -0.4 is 4.90 Å². The quantitative estimate of drug-likeness (QED) is 0.667. The zero-order valence-electron chi connectivity index (χ0n) is 16.0. The number of anilines is 1. The van der Waals surface area contributed by atoms with Gasteiger partial charge in [0.1, 0.15) is 11.6 Å². The van der Waals surface area contributed by atoms with E-state index >= 15 is 0 Å². The third kappa shape index (κ3) is 3.21. The molecule has 5 rings (SSSR count). The molecule has 1 atom stereocenters. The maximum absolute atomic E-state index is 13.6. The third-order valence-electron chi connectivity index (χ3n) is 5.69. The second-order valence-corrected chi connectivity index (χ2v) is 7.56. The molecule has 0 aliphatic carbocycles. The van der Waals surface area contributed by atoms with Crippen LogP contribution in [0.3, 0.4) is 0 Å². The Labute approximate surface area is 166 Å². The SMILES string of the molecule is CN(C(=O)C1CCOC1)C1CN(c2ccc3nnc(-c4cccc(F)c4)n3n2)C1. The second kappa shape index (κ2) is 7.07. The summed E-state index contributed by atoms with van der Waals surface area (Å²) >= 11 is 0. The Morgan fingerprint density at radius 1 is 1.24 bits per heavy atom. The van der Waals surface area contributed by atoms with Gasteiger partial charge in [-0.05, 0) is 30.7 Å². The molecule has 29 heavy (non-hydrogen) atoms. The van der Waals surface area contributed by atoms with E-state index in [2.05, 4.69) is 20.2 Å². The molecule has 1 aromatic carbocycles. The molecule has 4 heterocycles. The molecular weight excluding hydrogens is 375 g/mol. The molecule has 0 spiro atoms. The first-order chi connectivity index (χ1) is 14.1. The lowest BCUT2D eigenvalue weighted by Gasteiger charge is -2.45. The Morgan fingerprint density at radius 3 is 2.86 bits per heavy atom. The van der Waals surface area contributed by atoms with E-state index in [9.17, 15) is 9.18 Å². The van der Waals surface area contributed by atoms with Crippen LogP contribution in [0.5, 0.6) is 0 Å². The Kier molecular flexibility index (Phi) is 4.39. The minimum absolute atomic E-state index is 0.0191. The van der Waals surface area contributed by atoms with E-state index in [0.717, 1.165) is 12.2 Å². The molecule has 3 aromatic rings. The first-order valence-corrected chi connectivity index (χ1v) is 9.68. The minimum Gasteiger partial charge on any atom is -0.381 e. The Bertz CT molecular complexity index is 1060. The van der Waals surface area contributed by atoms with Gasteiger partial charge in [-0.15, -0.1) is 15.3 Å². The van der Waals surface area contributed by atoms with E-state index in [1.807, 2.05) is 24.1 Å². The van der Waals surface area contributed by atoms with Crippen molar-refractivity contribution < 1.29 is 13.9 Å². The third-order valence-corrected chi connectivity index (χ3v) is 5.69. The fourth-order valence-corrected chi connectivity index (χ4v) is 3.84. The number of hydrogen-bond acceptors (Lipinski definition) is 6. The lowest BCUT2D eigenvalue weighted by molar-refractivity contribution is -0.136. The summed E-state index contributed by atoms with van der Waals surface area (Å²) < 4.78 is 20.6. The average molecular weight is 396 g/mol. The number of rotatable bonds is 4. The number of benzene rings is 1. The van der Waals surface area contributed by atoms with Crippen molar-refractivity contribution in [3.8, 4) is 11.4 Å². The van der Waals surface area contributed by atoms with Gasteiger partial charge in [0.25, 0.3) is 0 Å². The average Bonchev–Trinajstić information content (AvgIpc) is 3.36. The highest BCUT2D eigenvalue weighted by Gasteiger charge is 2.36. The van der Waals surface area contributed by atoms with Crippen LogP contribution in [0, 0.1) is 11.7 Å². The predicted octanol–water partition coefficient (Wildman–Crippen LogP) is 1.61. The van der Waals surface area contributed by atoms with E-state index in [0.29, 0.717) is 43.3 Å². The lowest BCUT2D eigenvalue weighted by Crippen LogP contribution is -2.61. The number of halogens is 1. The summed E-state index contributed by atoms with van der Waals surface area (Å²) in [5.74, 6) is 1.07. The van der Waals surface area contributed by atoms with Crippen molar-refractivity contribution in [3.63, 3.8) is 0 Å². The smallest absolute Gasteiger partial charge is 0.228 e. The first-order valence-electron chi connectivity index (χ1n) is 9.68. The molecule has 1 amide bonds. The summed E-state index contributed by atoms with van der Waals surface area (Å²) in [6.07, 6.45) is 0.800. The molecule has 2 fully saturated rings. The van der Waals surface area contributed by atoms with E-state index in [-0.39, 0.29) is 23.7 Å². The van der Waals surface area contributed by atoms with Crippen LogP contribution >= 0.6 is 0 Å². The number of likely N-dealkylation sites (N-methyl/N-ethyl adjacent to an activating group) is 1. The molecule has 0 saturated carbocycles. The maximum atomic E-state index is 13.6. The zero-order valence-corrected chi connectivity index (χ0v) is 16.0. The number of ether oxygens (including phenoxy) is 1. The molecule has 150 valence electrons. The Balaban J connectivity index is 1.33. The Hall–Kier alpha value is -3.07. The molecule has 2 saturated heterocycles. The van der Waals surface area contributed by atoms with Gasteiger partial charge >= 0.3 is 0 Å². The summed E-state index contributed by atoms with van der Waals surface area (Å²) in [7, 11) is 1.86. The Morgan fingerprint density at radius 2 is 2.10 bits per heavy atom. The number of aromatic nitrogens is 4. The van der Waals surface area contributed by atoms with Crippen molar-refractivity contribution in [1.82, 2.24) is 24.7 Å². The van der Waals surface area contributed by atoms with Gasteiger partial charge in [0.15, 0.2) is 11.5 Å². The largest absolute Gasteiger partial charge is 0.381 e. The lowest BCUT2D eigenvalue weighted by atomic mass is 10.0. The van der Waals surface area contributed by atoms with Crippen molar-refractivity contribution in [2.24, 2.45) is 5.92 Å². The number of amides is 1. The number of fused-ring (bicyclic) bond motifs is 1. The molecule has 8 nitrogen and oxygen atoms in total. The summed E-state index contributed by atoms with van der Waals surface area (Å²) in [6, 6.07) is 10.1. The summed E-state index contributed by atoms with van der Waals surface area (Å²) in [4.78, 5) is 16.5. The van der Waals surface area contributed by atoms with Gasteiger partial charge in [-0.2, -0.15) is 4.52 Å². The molecule has 9 heteroatoms. The minimum atomic E-state index is -0.332. The highest BCUT2D eigenvalue weighted by molar-refractivity contribution is 5.79. The van der Waals surface area contributed by atoms with E-state index < -0.39 is 0 Å². The van der Waals surface area contributed by atoms with Crippen LogP contribution in [0.2, 0.25) is 0 Å². The van der Waals surface area contributed by atoms with Gasteiger partial charge in [-0.3, -0.25) is 4.79 Å². The molecule has 0 bridgehead atoms. The highest BCUT2D eigenvalue weighted by atomic mass is 19.1. The second-order valence-electron chi connectivity index (χ2n) is 7.56. The summed E-state index contributed by atoms with van der Waals surface area (Å²) in [6.45, 7) is 2.61. The monoisotopic (exact) mass is 396 g/mol. The van der Waals surface area contributed by atoms with Crippen molar-refractivity contribution >= 4 is 17.4 Å². The maximum Gasteiger partial charge on any atom is 0.228 e. The molecular formula is C20H21FN6O2. The zero-order chi connectivity index (χ0) is 20.0. The topological polar surface area (TPSA) is 75.9 Å². The van der Waals surface area contributed by atoms with Crippen LogP contribution in [0.25, 0.3) is 17.0 Å². The van der Waals surface area contributed by atoms with Gasteiger partial charge in [-0.1, -0.05) is 12.1 Å². The van der Waals surface area contributed by atoms with Gasteiger partial charge < -0.3 is 14.5 Å². The van der Waals surface area contributed by atoms with Gasteiger partial charge in [-0.25, -0.2) is 4.39 Å². The number of carbonyl (C=O) groups excluding carboxylic acids is 1. The molecule has 0 N–H and O–H groups in total. The first kappa shape index (κ1) is 18.0. The molecule has 2 aromatic heterocycles. The van der Waals surface area contributed by atoms with Crippen LogP contribution in [0.15, 0.2) is 36.4 Å². The van der Waals surface area contributed by atoms with Crippen LogP contribution in [0.1, 0.15) is 6.42 Å². The van der Waals surface area contributed by atoms with E-state index in [1.165, 1.54) is 12.1 Å². The fourth-order valence-electron chi connectivity index (χ4n) is 3.84. The molecule has 0 radical (unpaired) electrons. The highest BCUT2D eigenvalue weighted by Crippen LogP contribution is 2.25. The van der Waals surface area contributed by atoms with E-state index in [4.69, 9.17) is 4.74 Å². The summed E-state index contributed by atoms with van der Waals surface area (Å²) in [5.41, 5.74) is 1.21. The van der Waals surface area contributed by atoms with Crippen molar-refractivity contribution in [2.75, 3.05) is 38.3 Å². The standard InChI is InChI=1S/C20H21FN6O2/c1-25(20(28)14-7-8-29-12-14)16-10-26(11-16)18-6-5-17-22-23-19(27(17)24-18)13-3-2-4-15(21)9-13/h2-6,9,14,16H,7-8,10-12H2,1H3. The van der Waals surface area contributed by atoms with E-state index in [1.54, 1.807) is 16.6 Å². The van der Waals surface area contributed by atoms with Crippen LogP contribution in [-0.2, 0) is 9.53 Å². The van der Waals surface area contributed by atoms with Crippen LogP contribution in [-0.4, -0.2) is 70.0 Å². The summed E-state index contributed by atoms with van der Waals surface area (Å²) in [5, 5.41) is 12.9. The molecule has 2 aliphatic heterocycles. The normalized spacial score (nSPS) is 19.5.